The van der Waals surface area contributed by atoms with Gasteiger partial charge in [-0.05, 0) is 37.1 Å². The van der Waals surface area contributed by atoms with Crippen molar-refractivity contribution in [1.82, 2.24) is 0 Å². The van der Waals surface area contributed by atoms with E-state index in [-0.39, 0.29) is 11.9 Å². The van der Waals surface area contributed by atoms with Crippen molar-refractivity contribution in [2.24, 2.45) is 0 Å². The molecule has 0 fully saturated rings. The van der Waals surface area contributed by atoms with Gasteiger partial charge in [0.1, 0.15) is 5.75 Å². The average molecular weight is 324 g/mol. The Bertz CT molecular complexity index is 775. The Morgan fingerprint density at radius 2 is 1.62 bits per heavy atom. The van der Waals surface area contributed by atoms with Gasteiger partial charge in [0, 0.05) is 0 Å². The molecular formula is C20H20O4. The molecule has 0 spiro atoms. The number of benzene rings is 2. The Kier molecular flexibility index (Phi) is 4.16. The van der Waals surface area contributed by atoms with E-state index < -0.39 is 5.60 Å². The van der Waals surface area contributed by atoms with Gasteiger partial charge in [0.2, 0.25) is 11.4 Å². The number of aliphatic hydroxyl groups is 1. The largest absolute Gasteiger partial charge is 0.497 e. The van der Waals surface area contributed by atoms with E-state index in [4.69, 9.17) is 9.47 Å². The number of carbonyl (C=O) groups is 1. The molecule has 2 aromatic rings. The number of rotatable bonds is 5. The Hall–Kier alpha value is -2.59. The molecule has 1 unspecified atom stereocenters. The molecule has 0 heterocycles. The molecule has 4 nitrogen and oxygen atoms in total. The van der Waals surface area contributed by atoms with Crippen molar-refractivity contribution in [3.05, 3.63) is 71.5 Å². The maximum absolute atomic E-state index is 12.8. The summed E-state index contributed by atoms with van der Waals surface area (Å²) in [6.07, 6.45) is -0.156. The van der Waals surface area contributed by atoms with Crippen molar-refractivity contribution in [1.29, 1.82) is 0 Å². The maximum atomic E-state index is 12.8. The van der Waals surface area contributed by atoms with E-state index in [9.17, 15) is 9.90 Å². The average Bonchev–Trinajstić information content (AvgIpc) is 2.61. The molecule has 3 rings (SSSR count). The third-order valence-corrected chi connectivity index (χ3v) is 4.04. The highest BCUT2D eigenvalue weighted by Gasteiger charge is 2.56. The molecule has 1 atom stereocenters. The van der Waals surface area contributed by atoms with Crippen molar-refractivity contribution in [3.8, 4) is 5.75 Å². The first-order valence-corrected chi connectivity index (χ1v) is 7.87. The summed E-state index contributed by atoms with van der Waals surface area (Å²) in [5.41, 5.74) is -0.0847. The van der Waals surface area contributed by atoms with Gasteiger partial charge < -0.3 is 14.6 Å². The van der Waals surface area contributed by atoms with Crippen LogP contribution in [0, 0.1) is 0 Å². The van der Waals surface area contributed by atoms with Crippen LogP contribution in [0.3, 0.4) is 0 Å². The number of hydrogen-bond acceptors (Lipinski definition) is 4. The molecule has 1 N–H and O–H groups in total. The van der Waals surface area contributed by atoms with Crippen LogP contribution < -0.4 is 4.74 Å². The molecule has 2 aromatic carbocycles. The lowest BCUT2D eigenvalue weighted by Gasteiger charge is -2.40. The maximum Gasteiger partial charge on any atom is 0.211 e. The number of methoxy groups -OCH3 is 1. The van der Waals surface area contributed by atoms with E-state index in [1.54, 1.807) is 55.6 Å². The van der Waals surface area contributed by atoms with Crippen molar-refractivity contribution in [2.45, 2.75) is 25.6 Å². The van der Waals surface area contributed by atoms with E-state index in [1.807, 2.05) is 19.9 Å². The third kappa shape index (κ3) is 2.49. The minimum atomic E-state index is -1.72. The Balaban J connectivity index is 2.10. The molecule has 24 heavy (non-hydrogen) atoms. The van der Waals surface area contributed by atoms with Crippen molar-refractivity contribution < 1.29 is 19.4 Å². The van der Waals surface area contributed by atoms with E-state index in [2.05, 4.69) is 0 Å². The lowest BCUT2D eigenvalue weighted by Crippen LogP contribution is -2.49. The van der Waals surface area contributed by atoms with Crippen LogP contribution in [-0.4, -0.2) is 24.1 Å². The van der Waals surface area contributed by atoms with Gasteiger partial charge in [0.25, 0.3) is 0 Å². The van der Waals surface area contributed by atoms with Crippen molar-refractivity contribution in [3.63, 3.8) is 0 Å². The second-order valence-electron chi connectivity index (χ2n) is 6.00. The molecular weight excluding hydrogens is 304 g/mol. The summed E-state index contributed by atoms with van der Waals surface area (Å²) in [6, 6.07) is 16.0. The second kappa shape index (κ2) is 6.13. The van der Waals surface area contributed by atoms with Crippen LogP contribution in [0.2, 0.25) is 0 Å². The van der Waals surface area contributed by atoms with Gasteiger partial charge in [-0.1, -0.05) is 42.5 Å². The van der Waals surface area contributed by atoms with Crippen LogP contribution in [0.25, 0.3) is 5.57 Å². The lowest BCUT2D eigenvalue weighted by molar-refractivity contribution is -0.138. The zero-order chi connectivity index (χ0) is 17.3. The highest BCUT2D eigenvalue weighted by Crippen LogP contribution is 2.48. The van der Waals surface area contributed by atoms with Gasteiger partial charge in [-0.3, -0.25) is 4.79 Å². The van der Waals surface area contributed by atoms with E-state index in [0.717, 1.165) is 0 Å². The Labute approximate surface area is 141 Å². The molecule has 4 heteroatoms. The van der Waals surface area contributed by atoms with Gasteiger partial charge in [0.05, 0.1) is 18.8 Å². The van der Waals surface area contributed by atoms with Gasteiger partial charge in [-0.2, -0.15) is 0 Å². The zero-order valence-electron chi connectivity index (χ0n) is 13.9. The smallest absolute Gasteiger partial charge is 0.211 e. The fourth-order valence-electron chi connectivity index (χ4n) is 2.85. The summed E-state index contributed by atoms with van der Waals surface area (Å²) < 4.78 is 11.0. The fourth-order valence-corrected chi connectivity index (χ4v) is 2.85. The third-order valence-electron chi connectivity index (χ3n) is 4.04. The highest BCUT2D eigenvalue weighted by molar-refractivity contribution is 6.33. The molecule has 0 saturated carbocycles. The van der Waals surface area contributed by atoms with Crippen LogP contribution in [0.15, 0.2) is 60.4 Å². The zero-order valence-corrected chi connectivity index (χ0v) is 13.9. The molecule has 1 aliphatic carbocycles. The summed E-state index contributed by atoms with van der Waals surface area (Å²) in [7, 11) is 1.59. The van der Waals surface area contributed by atoms with E-state index in [1.165, 1.54) is 0 Å². The Morgan fingerprint density at radius 3 is 2.17 bits per heavy atom. The number of ketones is 1. The SMILES string of the molecule is COc1ccc(C2=C(OC(C)C)C(O)(c3ccccc3)C2=O)cc1. The monoisotopic (exact) mass is 324 g/mol. The molecule has 0 radical (unpaired) electrons. The van der Waals surface area contributed by atoms with Crippen molar-refractivity contribution >= 4 is 11.4 Å². The molecule has 0 amide bonds. The quantitative estimate of drug-likeness (QED) is 0.917. The number of ether oxygens (including phenoxy) is 2. The molecule has 0 aliphatic heterocycles. The van der Waals surface area contributed by atoms with Crippen LogP contribution in [0.5, 0.6) is 5.75 Å². The normalized spacial score (nSPS) is 20.1. The predicted octanol–water partition coefficient (Wildman–Crippen LogP) is 3.30. The minimum Gasteiger partial charge on any atom is -0.497 e. The summed E-state index contributed by atoms with van der Waals surface area (Å²) in [5.74, 6) is 0.657. The van der Waals surface area contributed by atoms with E-state index >= 15 is 0 Å². The molecule has 1 aliphatic rings. The Morgan fingerprint density at radius 1 is 1.00 bits per heavy atom. The number of carbonyl (C=O) groups excluding carboxylic acids is 1. The number of hydrogen-bond donors (Lipinski definition) is 1. The topological polar surface area (TPSA) is 55.8 Å². The summed E-state index contributed by atoms with van der Waals surface area (Å²) in [6.45, 7) is 3.74. The molecule has 124 valence electrons. The molecule has 0 bridgehead atoms. The van der Waals surface area contributed by atoms with Gasteiger partial charge in [0.15, 0.2) is 5.76 Å². The van der Waals surface area contributed by atoms with Gasteiger partial charge >= 0.3 is 0 Å². The van der Waals surface area contributed by atoms with Crippen LogP contribution in [-0.2, 0) is 15.1 Å². The fraction of sp³-hybridized carbons (Fsp3) is 0.250. The predicted molar refractivity (Wildman–Crippen MR) is 91.5 cm³/mol. The number of Topliss-reactive ketones (excluding diaryl/α,β-unsaturated/α-hetero) is 1. The summed E-state index contributed by atoms with van der Waals surface area (Å²) in [4.78, 5) is 12.8. The molecule has 0 saturated heterocycles. The van der Waals surface area contributed by atoms with E-state index in [0.29, 0.717) is 28.2 Å². The van der Waals surface area contributed by atoms with Crippen molar-refractivity contribution in [2.75, 3.05) is 7.11 Å². The first-order chi connectivity index (χ1) is 11.5. The second-order valence-corrected chi connectivity index (χ2v) is 6.00. The summed E-state index contributed by atoms with van der Waals surface area (Å²) in [5, 5.41) is 11.0. The standard InChI is InChI=1S/C20H20O4/c1-13(2)24-19-17(14-9-11-16(23-3)12-10-14)18(21)20(19,22)15-7-5-4-6-8-15/h4-13,22H,1-3H3. The minimum absolute atomic E-state index is 0.156. The lowest BCUT2D eigenvalue weighted by atomic mass is 9.71. The first-order valence-electron chi connectivity index (χ1n) is 7.87. The van der Waals surface area contributed by atoms with Gasteiger partial charge in [-0.15, -0.1) is 0 Å². The van der Waals surface area contributed by atoms with Gasteiger partial charge in [-0.25, -0.2) is 0 Å². The van der Waals surface area contributed by atoms with Crippen LogP contribution in [0.1, 0.15) is 25.0 Å². The summed E-state index contributed by atoms with van der Waals surface area (Å²) >= 11 is 0. The van der Waals surface area contributed by atoms with Crippen LogP contribution >= 0.6 is 0 Å². The van der Waals surface area contributed by atoms with Crippen LogP contribution in [0.4, 0.5) is 0 Å². The molecule has 0 aromatic heterocycles. The highest BCUT2D eigenvalue weighted by atomic mass is 16.5. The first kappa shape index (κ1) is 16.3.